The number of nitrogens with one attached hydrogen (secondary N) is 2. The first-order valence-electron chi connectivity index (χ1n) is 9.01. The summed E-state index contributed by atoms with van der Waals surface area (Å²) in [6.07, 6.45) is 0.981. The summed E-state index contributed by atoms with van der Waals surface area (Å²) in [7, 11) is -3.40. The van der Waals surface area contributed by atoms with Crippen molar-refractivity contribution in [3.63, 3.8) is 0 Å². The predicted molar refractivity (Wildman–Crippen MR) is 112 cm³/mol. The van der Waals surface area contributed by atoms with Crippen LogP contribution in [0.3, 0.4) is 0 Å². The molecule has 0 aromatic heterocycles. The van der Waals surface area contributed by atoms with E-state index >= 15 is 0 Å². The van der Waals surface area contributed by atoms with Crippen molar-refractivity contribution in [2.24, 2.45) is 10.7 Å². The molecule has 0 unspecified atom stereocenters. The number of rotatable bonds is 8. The monoisotopic (exact) mass is 388 g/mol. The predicted octanol–water partition coefficient (Wildman–Crippen LogP) is 3.00. The molecule has 0 amide bonds. The molecule has 2 aromatic carbocycles. The van der Waals surface area contributed by atoms with E-state index in [0.717, 1.165) is 23.2 Å². The molecule has 7 heteroatoms. The zero-order valence-corrected chi connectivity index (χ0v) is 16.9. The molecule has 0 saturated carbocycles. The summed E-state index contributed by atoms with van der Waals surface area (Å²) in [4.78, 5) is 4.35. The molecule has 0 fully saturated rings. The van der Waals surface area contributed by atoms with Crippen LogP contribution in [0.5, 0.6) is 0 Å². The molecule has 27 heavy (non-hydrogen) atoms. The lowest BCUT2D eigenvalue weighted by Crippen LogP contribution is -2.31. The van der Waals surface area contributed by atoms with Crippen LogP contribution in [0.4, 0.5) is 5.69 Å². The van der Waals surface area contributed by atoms with Crippen molar-refractivity contribution in [3.05, 3.63) is 65.2 Å². The Morgan fingerprint density at radius 3 is 2.30 bits per heavy atom. The Morgan fingerprint density at radius 2 is 1.70 bits per heavy atom. The van der Waals surface area contributed by atoms with E-state index in [9.17, 15) is 8.42 Å². The van der Waals surface area contributed by atoms with Gasteiger partial charge in [-0.05, 0) is 49.1 Å². The highest BCUT2D eigenvalue weighted by Crippen LogP contribution is 2.14. The van der Waals surface area contributed by atoms with Gasteiger partial charge in [-0.25, -0.2) is 18.1 Å². The van der Waals surface area contributed by atoms with Gasteiger partial charge in [0.05, 0.1) is 12.3 Å². The third-order valence-corrected chi connectivity index (χ3v) is 5.46. The molecule has 0 atom stereocenters. The summed E-state index contributed by atoms with van der Waals surface area (Å²) in [5, 5.41) is 3.05. The highest BCUT2D eigenvalue weighted by atomic mass is 32.2. The van der Waals surface area contributed by atoms with E-state index in [-0.39, 0.29) is 17.8 Å². The number of hydrogen-bond donors (Lipinski definition) is 3. The standard InChI is InChI=1S/C20H28N4O2S/c1-4-16-9-11-19(12-10-16)23-20(21)22-13-17-7-5-6-8-18(17)14-27(25,26)24-15(2)3/h5-12,15,24H,4,13-14H2,1-3H3,(H3,21,22,23). The van der Waals surface area contributed by atoms with Crippen LogP contribution in [0.1, 0.15) is 37.5 Å². The van der Waals surface area contributed by atoms with Crippen LogP contribution in [0, 0.1) is 0 Å². The highest BCUT2D eigenvalue weighted by Gasteiger charge is 2.15. The summed E-state index contributed by atoms with van der Waals surface area (Å²) in [5.41, 5.74) is 9.64. The number of aryl methyl sites for hydroxylation is 1. The molecule has 4 N–H and O–H groups in total. The van der Waals surface area contributed by atoms with Gasteiger partial charge in [0, 0.05) is 11.7 Å². The number of benzene rings is 2. The molecule has 0 aliphatic carbocycles. The molecule has 2 rings (SSSR count). The number of aliphatic imine (C=N–C) groups is 1. The van der Waals surface area contributed by atoms with E-state index in [0.29, 0.717) is 6.54 Å². The second-order valence-corrected chi connectivity index (χ2v) is 8.43. The lowest BCUT2D eigenvalue weighted by Gasteiger charge is -2.12. The third-order valence-electron chi connectivity index (χ3n) is 3.93. The maximum atomic E-state index is 12.2. The van der Waals surface area contributed by atoms with Gasteiger partial charge in [0.25, 0.3) is 0 Å². The van der Waals surface area contributed by atoms with Crippen LogP contribution in [0.2, 0.25) is 0 Å². The Balaban J connectivity index is 2.07. The fourth-order valence-electron chi connectivity index (χ4n) is 2.64. The summed E-state index contributed by atoms with van der Waals surface area (Å²) in [5.74, 6) is 0.208. The number of anilines is 1. The van der Waals surface area contributed by atoms with E-state index in [4.69, 9.17) is 5.73 Å². The molecule has 0 heterocycles. The van der Waals surface area contributed by atoms with Gasteiger partial charge in [-0.2, -0.15) is 0 Å². The van der Waals surface area contributed by atoms with E-state index in [1.54, 1.807) is 19.9 Å². The molecule has 0 radical (unpaired) electrons. The Labute approximate surface area is 162 Å². The smallest absolute Gasteiger partial charge is 0.216 e. The van der Waals surface area contributed by atoms with Crippen molar-refractivity contribution >= 4 is 21.7 Å². The first kappa shape index (κ1) is 20.9. The largest absolute Gasteiger partial charge is 0.370 e. The van der Waals surface area contributed by atoms with E-state index in [1.807, 2.05) is 42.5 Å². The Bertz CT molecular complexity index is 875. The first-order chi connectivity index (χ1) is 12.8. The molecule has 0 bridgehead atoms. The Morgan fingerprint density at radius 1 is 1.07 bits per heavy atom. The topological polar surface area (TPSA) is 96.6 Å². The lowest BCUT2D eigenvalue weighted by molar-refractivity contribution is 0.569. The quantitative estimate of drug-likeness (QED) is 0.478. The van der Waals surface area contributed by atoms with Crippen molar-refractivity contribution < 1.29 is 8.42 Å². The summed E-state index contributed by atoms with van der Waals surface area (Å²) < 4.78 is 27.0. The Hall–Kier alpha value is -2.38. The highest BCUT2D eigenvalue weighted by molar-refractivity contribution is 7.88. The van der Waals surface area contributed by atoms with Crippen LogP contribution in [-0.2, 0) is 28.7 Å². The van der Waals surface area contributed by atoms with Crippen molar-refractivity contribution in [1.29, 1.82) is 0 Å². The molecule has 6 nitrogen and oxygen atoms in total. The van der Waals surface area contributed by atoms with Crippen LogP contribution in [0.15, 0.2) is 53.5 Å². The number of hydrogen-bond acceptors (Lipinski definition) is 3. The molecular weight excluding hydrogens is 360 g/mol. The van der Waals surface area contributed by atoms with Crippen LogP contribution in [0.25, 0.3) is 0 Å². The fraction of sp³-hybridized carbons (Fsp3) is 0.350. The SMILES string of the molecule is CCc1ccc(NC(N)=NCc2ccccc2CS(=O)(=O)NC(C)C)cc1. The molecule has 0 aliphatic heterocycles. The average Bonchev–Trinajstić information content (AvgIpc) is 2.60. The van der Waals surface area contributed by atoms with Gasteiger partial charge in [0.15, 0.2) is 5.96 Å². The van der Waals surface area contributed by atoms with Gasteiger partial charge < -0.3 is 11.1 Å². The minimum Gasteiger partial charge on any atom is -0.370 e. The van der Waals surface area contributed by atoms with Gasteiger partial charge in [-0.1, -0.05) is 43.3 Å². The molecule has 0 saturated heterocycles. The van der Waals surface area contributed by atoms with Crippen LogP contribution < -0.4 is 15.8 Å². The number of sulfonamides is 1. The maximum absolute atomic E-state index is 12.2. The van der Waals surface area contributed by atoms with Gasteiger partial charge >= 0.3 is 0 Å². The van der Waals surface area contributed by atoms with Crippen molar-refractivity contribution in [1.82, 2.24) is 4.72 Å². The summed E-state index contributed by atoms with van der Waals surface area (Å²) >= 11 is 0. The lowest BCUT2D eigenvalue weighted by atomic mass is 10.1. The number of nitrogens with two attached hydrogens (primary N) is 1. The zero-order valence-electron chi connectivity index (χ0n) is 16.1. The van der Waals surface area contributed by atoms with Crippen molar-refractivity contribution in [2.45, 2.75) is 45.5 Å². The molecule has 2 aromatic rings. The van der Waals surface area contributed by atoms with Gasteiger partial charge in [-0.3, -0.25) is 0 Å². The van der Waals surface area contributed by atoms with Gasteiger partial charge in [-0.15, -0.1) is 0 Å². The van der Waals surface area contributed by atoms with Crippen molar-refractivity contribution in [3.8, 4) is 0 Å². The third kappa shape index (κ3) is 7.03. The molecule has 0 aliphatic rings. The summed E-state index contributed by atoms with van der Waals surface area (Å²) in [6.45, 7) is 6.01. The van der Waals surface area contributed by atoms with E-state index in [1.165, 1.54) is 5.56 Å². The van der Waals surface area contributed by atoms with Gasteiger partial charge in [0.1, 0.15) is 0 Å². The van der Waals surface area contributed by atoms with Gasteiger partial charge in [0.2, 0.25) is 10.0 Å². The van der Waals surface area contributed by atoms with Crippen molar-refractivity contribution in [2.75, 3.05) is 5.32 Å². The van der Waals surface area contributed by atoms with E-state index < -0.39 is 10.0 Å². The molecule has 146 valence electrons. The zero-order chi connectivity index (χ0) is 19.9. The summed E-state index contributed by atoms with van der Waals surface area (Å²) in [6, 6.07) is 15.2. The minimum atomic E-state index is -3.40. The average molecular weight is 389 g/mol. The second-order valence-electron chi connectivity index (χ2n) is 6.68. The van der Waals surface area contributed by atoms with E-state index in [2.05, 4.69) is 22.0 Å². The number of guanidine groups is 1. The fourth-order valence-corrected chi connectivity index (χ4v) is 4.13. The maximum Gasteiger partial charge on any atom is 0.216 e. The second kappa shape index (κ2) is 9.53. The number of nitrogens with zero attached hydrogens (tertiary/aromatic N) is 1. The first-order valence-corrected chi connectivity index (χ1v) is 10.7. The Kier molecular flexibility index (Phi) is 7.38. The molecule has 0 spiro atoms. The van der Waals surface area contributed by atoms with Crippen LogP contribution in [-0.4, -0.2) is 20.4 Å². The minimum absolute atomic E-state index is 0.0807. The van der Waals surface area contributed by atoms with Crippen LogP contribution >= 0.6 is 0 Å². The molecular formula is C20H28N4O2S. The normalized spacial score (nSPS) is 12.4.